The molecule has 3 aliphatic carbocycles. The van der Waals surface area contributed by atoms with Gasteiger partial charge in [-0.1, -0.05) is 13.3 Å². The maximum absolute atomic E-state index is 11.6. The summed E-state index contributed by atoms with van der Waals surface area (Å²) < 4.78 is 5.51. The van der Waals surface area contributed by atoms with Crippen LogP contribution in [0.3, 0.4) is 0 Å². The van der Waals surface area contributed by atoms with Crippen molar-refractivity contribution >= 4 is 5.97 Å². The summed E-state index contributed by atoms with van der Waals surface area (Å²) in [5.74, 6) is 2.40. The Morgan fingerprint density at radius 3 is 2.86 bits per heavy atom. The molecule has 1 aliphatic heterocycles. The molecule has 1 saturated heterocycles. The van der Waals surface area contributed by atoms with Gasteiger partial charge in [-0.2, -0.15) is 0 Å². The van der Waals surface area contributed by atoms with Crippen LogP contribution in [0.2, 0.25) is 0 Å². The van der Waals surface area contributed by atoms with Crippen LogP contribution >= 0.6 is 0 Å². The van der Waals surface area contributed by atoms with E-state index in [1.54, 1.807) is 0 Å². The summed E-state index contributed by atoms with van der Waals surface area (Å²) in [6.45, 7) is 4.60. The third-order valence-corrected chi connectivity index (χ3v) is 7.37. The lowest BCUT2D eigenvalue weighted by molar-refractivity contribution is -0.166. The van der Waals surface area contributed by atoms with Crippen LogP contribution in [0, 0.1) is 28.6 Å². The SMILES string of the molecule is C[C@@]12CCC[C@H]1[C@@H]1CC=C3OC(=O)CC(O)[C@]3(C)[C@H]1CC2. The number of hydrogen-bond donors (Lipinski definition) is 1. The molecule has 0 spiro atoms. The summed E-state index contributed by atoms with van der Waals surface area (Å²) in [7, 11) is 0. The van der Waals surface area contributed by atoms with E-state index in [1.807, 2.05) is 0 Å². The van der Waals surface area contributed by atoms with E-state index in [-0.39, 0.29) is 17.8 Å². The standard InChI is InChI=1S/C18H26O3/c1-17-8-3-4-12(17)11-5-6-15-18(2,13(11)7-9-17)14(19)10-16(20)21-15/h6,11-14,19H,3-5,7-10H2,1-2H3/t11-,12-,13-,14?,17-,18-/m0/s1. The minimum absolute atomic E-state index is 0.152. The normalized spacial score (nSPS) is 52.3. The van der Waals surface area contributed by atoms with Crippen LogP contribution in [0.1, 0.15) is 58.8 Å². The van der Waals surface area contributed by atoms with Gasteiger partial charge < -0.3 is 9.84 Å². The lowest BCUT2D eigenvalue weighted by atomic mass is 9.50. The maximum atomic E-state index is 11.6. The number of aliphatic hydroxyl groups excluding tert-OH is 1. The number of hydrogen-bond acceptors (Lipinski definition) is 3. The van der Waals surface area contributed by atoms with Crippen molar-refractivity contribution in [2.45, 2.75) is 64.9 Å². The molecule has 2 saturated carbocycles. The van der Waals surface area contributed by atoms with Crippen LogP contribution in [-0.4, -0.2) is 17.2 Å². The van der Waals surface area contributed by atoms with Crippen LogP contribution in [0.15, 0.2) is 11.8 Å². The highest BCUT2D eigenvalue weighted by Crippen LogP contribution is 2.64. The average Bonchev–Trinajstić information content (AvgIpc) is 2.82. The number of fused-ring (bicyclic) bond motifs is 5. The van der Waals surface area contributed by atoms with Crippen molar-refractivity contribution in [3.63, 3.8) is 0 Å². The zero-order chi connectivity index (χ0) is 14.8. The van der Waals surface area contributed by atoms with Gasteiger partial charge in [-0.05, 0) is 68.3 Å². The van der Waals surface area contributed by atoms with Gasteiger partial charge in [0.25, 0.3) is 0 Å². The molecule has 0 aromatic rings. The largest absolute Gasteiger partial charge is 0.431 e. The summed E-state index contributed by atoms with van der Waals surface area (Å²) in [4.78, 5) is 11.6. The lowest BCUT2D eigenvalue weighted by Gasteiger charge is -2.56. The van der Waals surface area contributed by atoms with Crippen molar-refractivity contribution in [1.29, 1.82) is 0 Å². The second-order valence-corrected chi connectivity index (χ2v) is 8.24. The average molecular weight is 290 g/mol. The molecule has 3 heteroatoms. The summed E-state index contributed by atoms with van der Waals surface area (Å²) in [6.07, 6.45) is 9.21. The Kier molecular flexibility index (Phi) is 2.86. The minimum Gasteiger partial charge on any atom is -0.431 e. The minimum atomic E-state index is -0.580. The predicted octanol–water partition coefficient (Wildman–Crippen LogP) is 3.42. The van der Waals surface area contributed by atoms with E-state index in [4.69, 9.17) is 4.74 Å². The first kappa shape index (κ1) is 13.8. The molecule has 0 bridgehead atoms. The molecule has 0 aromatic heterocycles. The van der Waals surface area contributed by atoms with Crippen molar-refractivity contribution < 1.29 is 14.6 Å². The summed E-state index contributed by atoms with van der Waals surface area (Å²) in [5, 5.41) is 10.6. The topological polar surface area (TPSA) is 46.5 Å². The molecule has 21 heavy (non-hydrogen) atoms. The molecule has 116 valence electrons. The fourth-order valence-electron chi connectivity index (χ4n) is 6.10. The van der Waals surface area contributed by atoms with Gasteiger partial charge >= 0.3 is 5.97 Å². The maximum Gasteiger partial charge on any atom is 0.313 e. The molecule has 1 unspecified atom stereocenters. The monoisotopic (exact) mass is 290 g/mol. The van der Waals surface area contributed by atoms with Gasteiger partial charge in [0.15, 0.2) is 0 Å². The smallest absolute Gasteiger partial charge is 0.313 e. The van der Waals surface area contributed by atoms with Gasteiger partial charge in [-0.15, -0.1) is 0 Å². The molecule has 0 amide bonds. The second-order valence-electron chi connectivity index (χ2n) is 8.24. The van der Waals surface area contributed by atoms with Crippen molar-refractivity contribution in [1.82, 2.24) is 0 Å². The molecule has 4 rings (SSSR count). The highest BCUT2D eigenvalue weighted by molar-refractivity contribution is 5.73. The number of aliphatic hydroxyl groups is 1. The molecule has 3 fully saturated rings. The number of carbonyl (C=O) groups is 1. The zero-order valence-electron chi connectivity index (χ0n) is 13.1. The van der Waals surface area contributed by atoms with E-state index in [2.05, 4.69) is 19.9 Å². The van der Waals surface area contributed by atoms with Gasteiger partial charge in [-0.3, -0.25) is 4.79 Å². The summed E-state index contributed by atoms with van der Waals surface area (Å²) in [6, 6.07) is 0. The van der Waals surface area contributed by atoms with Gasteiger partial charge in [0.2, 0.25) is 0 Å². The van der Waals surface area contributed by atoms with E-state index in [1.165, 1.54) is 32.1 Å². The molecule has 3 nitrogen and oxygen atoms in total. The number of allylic oxidation sites excluding steroid dienone is 1. The van der Waals surface area contributed by atoms with E-state index in [0.717, 1.165) is 18.1 Å². The third kappa shape index (κ3) is 1.73. The molecule has 0 radical (unpaired) electrons. The fraction of sp³-hybridized carbons (Fsp3) is 0.833. The Morgan fingerprint density at radius 2 is 2.05 bits per heavy atom. The molecular weight excluding hydrogens is 264 g/mol. The Labute approximate surface area is 126 Å². The first-order valence-electron chi connectivity index (χ1n) is 8.54. The Balaban J connectivity index is 1.73. The van der Waals surface area contributed by atoms with Crippen LogP contribution in [-0.2, 0) is 9.53 Å². The molecule has 1 heterocycles. The molecule has 1 N–H and O–H groups in total. The summed E-state index contributed by atoms with van der Waals surface area (Å²) in [5.41, 5.74) is 0.167. The van der Waals surface area contributed by atoms with Gasteiger partial charge in [0.05, 0.1) is 17.9 Å². The number of esters is 1. The predicted molar refractivity (Wildman–Crippen MR) is 79.2 cm³/mol. The van der Waals surface area contributed by atoms with Crippen molar-refractivity contribution in [2.24, 2.45) is 28.6 Å². The Morgan fingerprint density at radius 1 is 1.24 bits per heavy atom. The number of rotatable bonds is 0. The number of ether oxygens (including phenoxy) is 1. The number of carbonyl (C=O) groups excluding carboxylic acids is 1. The highest BCUT2D eigenvalue weighted by atomic mass is 16.5. The molecule has 6 atom stereocenters. The van der Waals surface area contributed by atoms with Crippen LogP contribution < -0.4 is 0 Å². The highest BCUT2D eigenvalue weighted by Gasteiger charge is 2.59. The van der Waals surface area contributed by atoms with Crippen molar-refractivity contribution in [3.8, 4) is 0 Å². The van der Waals surface area contributed by atoms with Crippen LogP contribution in [0.5, 0.6) is 0 Å². The van der Waals surface area contributed by atoms with Crippen LogP contribution in [0.25, 0.3) is 0 Å². The molecule has 0 aromatic carbocycles. The van der Waals surface area contributed by atoms with Crippen molar-refractivity contribution in [3.05, 3.63) is 11.8 Å². The zero-order valence-corrected chi connectivity index (χ0v) is 13.1. The van der Waals surface area contributed by atoms with Gasteiger partial charge in [0.1, 0.15) is 5.76 Å². The third-order valence-electron chi connectivity index (χ3n) is 7.37. The Hall–Kier alpha value is -0.830. The van der Waals surface area contributed by atoms with E-state index in [9.17, 15) is 9.90 Å². The first-order chi connectivity index (χ1) is 9.95. The Bertz CT molecular complexity index is 511. The molecule has 4 aliphatic rings. The fourth-order valence-corrected chi connectivity index (χ4v) is 6.10. The van der Waals surface area contributed by atoms with Gasteiger partial charge in [-0.25, -0.2) is 0 Å². The summed E-state index contributed by atoms with van der Waals surface area (Å²) >= 11 is 0. The quantitative estimate of drug-likeness (QED) is 0.695. The lowest BCUT2D eigenvalue weighted by Crippen LogP contribution is -2.55. The first-order valence-corrected chi connectivity index (χ1v) is 8.54. The van der Waals surface area contributed by atoms with Crippen LogP contribution in [0.4, 0.5) is 0 Å². The van der Waals surface area contributed by atoms with E-state index in [0.29, 0.717) is 17.3 Å². The molecular formula is C18H26O3. The van der Waals surface area contributed by atoms with E-state index < -0.39 is 6.10 Å². The van der Waals surface area contributed by atoms with Gasteiger partial charge in [0, 0.05) is 0 Å². The van der Waals surface area contributed by atoms with Crippen molar-refractivity contribution in [2.75, 3.05) is 0 Å². The van der Waals surface area contributed by atoms with E-state index >= 15 is 0 Å². The second kappa shape index (κ2) is 4.34.